The molecule has 0 aromatic heterocycles. The van der Waals surface area contributed by atoms with Crippen LogP contribution >= 0.6 is 15.6 Å². The largest absolute Gasteiger partial charge is 0.472 e. The van der Waals surface area contributed by atoms with Crippen molar-refractivity contribution in [1.82, 2.24) is 0 Å². The van der Waals surface area contributed by atoms with E-state index in [1.807, 2.05) is 0 Å². The lowest BCUT2D eigenvalue weighted by Crippen LogP contribution is -2.30. The highest BCUT2D eigenvalue weighted by Gasteiger charge is 2.29. The normalized spacial score (nSPS) is 14.9. The maximum Gasteiger partial charge on any atom is 0.472 e. The van der Waals surface area contributed by atoms with Gasteiger partial charge in [-0.2, -0.15) is 0 Å². The second-order valence-corrected chi connectivity index (χ2v) is 27.6. The van der Waals surface area contributed by atoms with Crippen LogP contribution in [-0.4, -0.2) is 95.9 Å². The predicted octanol–water partition coefficient (Wildman–Crippen LogP) is 21.9. The van der Waals surface area contributed by atoms with E-state index in [9.17, 15) is 43.5 Å². The van der Waals surface area contributed by atoms with Gasteiger partial charge in [0.1, 0.15) is 25.4 Å². The van der Waals surface area contributed by atoms with Crippen LogP contribution in [0.25, 0.3) is 0 Å². The van der Waals surface area contributed by atoms with Crippen molar-refractivity contribution in [3.8, 4) is 0 Å². The predicted molar refractivity (Wildman–Crippen MR) is 408 cm³/mol. The van der Waals surface area contributed by atoms with Crippen LogP contribution in [0.3, 0.4) is 0 Å². The molecule has 0 radical (unpaired) electrons. The average molecular weight is 1430 g/mol. The van der Waals surface area contributed by atoms with Gasteiger partial charge in [-0.3, -0.25) is 32.5 Å². The third-order valence-corrected chi connectivity index (χ3v) is 17.1. The van der Waals surface area contributed by atoms with Crippen molar-refractivity contribution in [3.05, 3.63) is 158 Å². The van der Waals surface area contributed by atoms with E-state index in [0.717, 1.165) is 186 Å². The summed E-state index contributed by atoms with van der Waals surface area (Å²) in [6, 6.07) is 0. The number of hydrogen-bond acceptors (Lipinski definition) is 14. The Kier molecular flexibility index (Phi) is 69.4. The Bertz CT molecular complexity index is 2430. The standard InChI is InChI=1S/C81H134O16P2/c1-4-7-10-13-16-19-22-25-27-29-31-33-34-35-36-37-38-39-40-42-44-45-47-50-52-55-58-61-64-67-79(84)91-70-76(82)71-93-98(87,88)94-72-77(83)73-95-99(89,90)96-75-78(97-81(86)69-66-63-60-57-54-49-24-21-18-15-12-9-6-3)74-92-80(85)68-65-62-59-56-53-51-48-46-43-41-32-30-28-26-23-20-17-14-11-8-5-2/h7-8,10-12,15-17,19-21,24-28,31-33,35-36,38-39,41,46,48,76-78,82-83H,4-6,9,13-14,18,22-23,29-30,34,37,40,42-45,47,49-75H2,1-3H3,(H,87,88)(H,89,90)/b10-7-,11-8-,15-12-,19-16-,20-17-,24-21-,27-25-,28-26-,33-31-,36-35-,39-38-,41-32-,48-46-. The first-order valence-corrected chi connectivity index (χ1v) is 40.8. The van der Waals surface area contributed by atoms with Crippen molar-refractivity contribution in [2.75, 3.05) is 39.6 Å². The molecule has 0 spiro atoms. The van der Waals surface area contributed by atoms with Crippen LogP contribution in [-0.2, 0) is 55.8 Å². The third kappa shape index (κ3) is 74.2. The molecule has 0 rings (SSSR count). The minimum atomic E-state index is -4.94. The number of aliphatic hydroxyl groups is 2. The summed E-state index contributed by atoms with van der Waals surface area (Å²) in [4.78, 5) is 58.5. The molecule has 0 aromatic rings. The van der Waals surface area contributed by atoms with E-state index < -0.39 is 91.5 Å². The molecule has 0 aliphatic rings. The van der Waals surface area contributed by atoms with Gasteiger partial charge in [0.25, 0.3) is 0 Å². The van der Waals surface area contributed by atoms with Gasteiger partial charge in [0.05, 0.1) is 26.4 Å². The van der Waals surface area contributed by atoms with Gasteiger partial charge in [0, 0.05) is 19.3 Å². The number of allylic oxidation sites excluding steroid dienone is 26. The lowest BCUT2D eigenvalue weighted by atomic mass is 10.1. The van der Waals surface area contributed by atoms with Gasteiger partial charge < -0.3 is 34.2 Å². The number of phosphoric ester groups is 2. The van der Waals surface area contributed by atoms with E-state index in [0.29, 0.717) is 19.3 Å². The number of carbonyl (C=O) groups excluding carboxylic acids is 3. The second-order valence-electron chi connectivity index (χ2n) is 24.7. The molecule has 0 aromatic carbocycles. The number of aliphatic hydroxyl groups excluding tert-OH is 2. The van der Waals surface area contributed by atoms with Crippen molar-refractivity contribution in [3.63, 3.8) is 0 Å². The van der Waals surface area contributed by atoms with Crippen molar-refractivity contribution >= 4 is 33.6 Å². The summed E-state index contributed by atoms with van der Waals surface area (Å²) in [5.41, 5.74) is 0. The Hall–Kier alpha value is -4.83. The highest BCUT2D eigenvalue weighted by molar-refractivity contribution is 7.47. The maximum atomic E-state index is 12.9. The van der Waals surface area contributed by atoms with E-state index in [-0.39, 0.29) is 19.3 Å². The molecule has 0 fully saturated rings. The minimum absolute atomic E-state index is 0.0790. The molecule has 4 N–H and O–H groups in total. The van der Waals surface area contributed by atoms with E-state index in [1.165, 1.54) is 32.1 Å². The highest BCUT2D eigenvalue weighted by atomic mass is 31.2. The summed E-state index contributed by atoms with van der Waals surface area (Å²) >= 11 is 0. The van der Waals surface area contributed by atoms with Crippen molar-refractivity contribution in [2.24, 2.45) is 0 Å². The molecule has 0 aliphatic carbocycles. The Morgan fingerprint density at radius 2 is 0.535 bits per heavy atom. The molecule has 0 saturated carbocycles. The fourth-order valence-electron chi connectivity index (χ4n) is 9.52. The van der Waals surface area contributed by atoms with Gasteiger partial charge >= 0.3 is 33.6 Å². The number of unbranched alkanes of at least 4 members (excludes halogenated alkanes) is 21. The smallest absolute Gasteiger partial charge is 0.463 e. The van der Waals surface area contributed by atoms with Crippen LogP contribution in [0.5, 0.6) is 0 Å². The molecule has 16 nitrogen and oxygen atoms in total. The van der Waals surface area contributed by atoms with Gasteiger partial charge in [0.15, 0.2) is 6.10 Å². The summed E-state index contributed by atoms with van der Waals surface area (Å²) in [6.07, 6.45) is 90.1. The Morgan fingerprint density at radius 1 is 0.293 bits per heavy atom. The molecule has 0 aliphatic heterocycles. The van der Waals surface area contributed by atoms with E-state index >= 15 is 0 Å². The molecule has 0 saturated heterocycles. The number of ether oxygens (including phenoxy) is 3. The first-order chi connectivity index (χ1) is 48.2. The summed E-state index contributed by atoms with van der Waals surface area (Å²) in [5.74, 6) is -1.62. The molecule has 0 heterocycles. The van der Waals surface area contributed by atoms with Crippen LogP contribution in [0, 0.1) is 0 Å². The quantitative estimate of drug-likeness (QED) is 0.0146. The minimum Gasteiger partial charge on any atom is -0.463 e. The zero-order valence-electron chi connectivity index (χ0n) is 61.4. The Morgan fingerprint density at radius 3 is 0.848 bits per heavy atom. The molecular weight excluding hydrogens is 1290 g/mol. The molecule has 99 heavy (non-hydrogen) atoms. The number of esters is 3. The number of rotatable bonds is 70. The van der Waals surface area contributed by atoms with Gasteiger partial charge in [-0.1, -0.05) is 275 Å². The topological polar surface area (TPSA) is 231 Å². The zero-order chi connectivity index (χ0) is 72.3. The lowest BCUT2D eigenvalue weighted by Gasteiger charge is -2.21. The van der Waals surface area contributed by atoms with E-state index in [1.54, 1.807) is 0 Å². The number of hydrogen-bond donors (Lipinski definition) is 4. The monoisotopic (exact) mass is 1420 g/mol. The molecule has 5 unspecified atom stereocenters. The van der Waals surface area contributed by atoms with Crippen molar-refractivity contribution in [2.45, 2.75) is 296 Å². The number of phosphoric acid groups is 2. The van der Waals surface area contributed by atoms with E-state index in [4.69, 9.17) is 32.3 Å². The van der Waals surface area contributed by atoms with Gasteiger partial charge in [-0.15, -0.1) is 0 Å². The van der Waals surface area contributed by atoms with Gasteiger partial charge in [-0.25, -0.2) is 9.13 Å². The molecule has 5 atom stereocenters. The van der Waals surface area contributed by atoms with Crippen molar-refractivity contribution in [1.29, 1.82) is 0 Å². The summed E-state index contributed by atoms with van der Waals surface area (Å²) in [6.45, 7) is 2.32. The molecule has 564 valence electrons. The molecule has 0 bridgehead atoms. The van der Waals surface area contributed by atoms with Crippen LogP contribution in [0.15, 0.2) is 158 Å². The lowest BCUT2D eigenvalue weighted by molar-refractivity contribution is -0.161. The SMILES string of the molecule is CC/C=C\C/C=C\C/C=C\C/C=C\C/C=C\C/C=C\CCCCCCCCCCCCC(=O)OCC(O)COP(=O)(O)OCC(O)COP(=O)(O)OCC(COC(=O)CCCCCCC/C=C\C/C=C\C/C=C\C/C=C\C/C=C\CC)OC(=O)CCCCCCC/C=C\C/C=C\CCC. The van der Waals surface area contributed by atoms with Gasteiger partial charge in [-0.05, 0) is 141 Å². The molecule has 18 heteroatoms. The number of carbonyl (C=O) groups is 3. The van der Waals surface area contributed by atoms with Crippen LogP contribution in [0.2, 0.25) is 0 Å². The van der Waals surface area contributed by atoms with Crippen molar-refractivity contribution < 1.29 is 75.8 Å². The fourth-order valence-corrected chi connectivity index (χ4v) is 11.1. The Labute approximate surface area is 600 Å². The van der Waals surface area contributed by atoms with Crippen LogP contribution < -0.4 is 0 Å². The Balaban J connectivity index is 4.54. The van der Waals surface area contributed by atoms with E-state index in [2.05, 4.69) is 179 Å². The summed E-state index contributed by atoms with van der Waals surface area (Å²) < 4.78 is 61.0. The summed E-state index contributed by atoms with van der Waals surface area (Å²) in [7, 11) is -9.80. The molecular formula is C81H134O16P2. The van der Waals surface area contributed by atoms with Gasteiger partial charge in [0.2, 0.25) is 0 Å². The average Bonchev–Trinajstić information content (AvgIpc) is 1.36. The highest BCUT2D eigenvalue weighted by Crippen LogP contribution is 2.45. The fraction of sp³-hybridized carbons (Fsp3) is 0.642. The molecule has 0 amide bonds. The zero-order valence-corrected chi connectivity index (χ0v) is 63.1. The second kappa shape index (κ2) is 72.9. The first kappa shape index (κ1) is 94.2. The maximum absolute atomic E-state index is 12.9. The van der Waals surface area contributed by atoms with Crippen LogP contribution in [0.1, 0.15) is 278 Å². The summed E-state index contributed by atoms with van der Waals surface area (Å²) in [5, 5.41) is 20.6. The third-order valence-electron chi connectivity index (χ3n) is 15.2. The van der Waals surface area contributed by atoms with Crippen LogP contribution in [0.4, 0.5) is 0 Å². The first-order valence-electron chi connectivity index (χ1n) is 37.8.